The summed E-state index contributed by atoms with van der Waals surface area (Å²) in [5.41, 5.74) is 0.517. The number of amides is 1. The third-order valence-electron chi connectivity index (χ3n) is 4.55. The lowest BCUT2D eigenvalue weighted by Gasteiger charge is -2.18. The minimum atomic E-state index is -0.767. The fourth-order valence-corrected chi connectivity index (χ4v) is 2.96. The Bertz CT molecular complexity index is 993. The Kier molecular flexibility index (Phi) is 7.37. The van der Waals surface area contributed by atoms with Gasteiger partial charge in [0.2, 0.25) is 5.75 Å². The van der Waals surface area contributed by atoms with Crippen molar-refractivity contribution >= 4 is 17.7 Å². The maximum atomic E-state index is 12.4. The first-order valence-electron chi connectivity index (χ1n) is 9.63. The van der Waals surface area contributed by atoms with Gasteiger partial charge >= 0.3 is 5.97 Å². The Labute approximate surface area is 184 Å². The van der Waals surface area contributed by atoms with Gasteiger partial charge in [-0.05, 0) is 30.3 Å². The molecule has 1 N–H and O–H groups in total. The maximum absolute atomic E-state index is 12.4. The second-order valence-electron chi connectivity index (χ2n) is 6.54. The molecule has 0 radical (unpaired) electrons. The second kappa shape index (κ2) is 10.4. The molecule has 0 aliphatic carbocycles. The fourth-order valence-electron chi connectivity index (χ4n) is 2.96. The zero-order chi connectivity index (χ0) is 23.1. The molecule has 2 aromatic carbocycles. The van der Waals surface area contributed by atoms with Gasteiger partial charge in [-0.3, -0.25) is 14.4 Å². The highest BCUT2D eigenvalue weighted by atomic mass is 16.6. The zero-order valence-corrected chi connectivity index (χ0v) is 17.9. The van der Waals surface area contributed by atoms with E-state index in [-0.39, 0.29) is 5.56 Å². The standard InChI is InChI=1S/C22H23NO9/c1-27-18-9-14(10-19(28-2)21(18)29-3)22(26)23-11-20(25)32-12-15(24)13-4-5-16-17(8-13)31-7-6-30-16/h4-5,8-10H,6-7,11-12H2,1-3H3,(H,23,26). The van der Waals surface area contributed by atoms with Crippen LogP contribution in [0.3, 0.4) is 0 Å². The number of carbonyl (C=O) groups is 3. The summed E-state index contributed by atoms with van der Waals surface area (Å²) in [4.78, 5) is 36.7. The van der Waals surface area contributed by atoms with Crippen LogP contribution in [-0.4, -0.2) is 65.4 Å². The number of carbonyl (C=O) groups excluding carboxylic acids is 3. The first kappa shape index (κ1) is 22.7. The largest absolute Gasteiger partial charge is 0.493 e. The van der Waals surface area contributed by atoms with Crippen molar-refractivity contribution < 1.29 is 42.8 Å². The smallest absolute Gasteiger partial charge is 0.325 e. The average Bonchev–Trinajstić information content (AvgIpc) is 2.84. The summed E-state index contributed by atoms with van der Waals surface area (Å²) in [6, 6.07) is 7.63. The molecular weight excluding hydrogens is 422 g/mol. The third-order valence-corrected chi connectivity index (χ3v) is 4.55. The SMILES string of the molecule is COc1cc(C(=O)NCC(=O)OCC(=O)c2ccc3c(c2)OCCO3)cc(OC)c1OC. The van der Waals surface area contributed by atoms with Crippen LogP contribution in [0.2, 0.25) is 0 Å². The van der Waals surface area contributed by atoms with Gasteiger partial charge in [-0.25, -0.2) is 0 Å². The van der Waals surface area contributed by atoms with Gasteiger partial charge in [0.1, 0.15) is 19.8 Å². The van der Waals surface area contributed by atoms with Gasteiger partial charge in [0.15, 0.2) is 35.4 Å². The summed E-state index contributed by atoms with van der Waals surface area (Å²) >= 11 is 0. The van der Waals surface area contributed by atoms with Crippen molar-refractivity contribution in [1.82, 2.24) is 5.32 Å². The first-order valence-corrected chi connectivity index (χ1v) is 9.63. The monoisotopic (exact) mass is 445 g/mol. The fraction of sp³-hybridized carbons (Fsp3) is 0.318. The van der Waals surface area contributed by atoms with Crippen molar-refractivity contribution in [2.24, 2.45) is 0 Å². The molecule has 0 aromatic heterocycles. The molecule has 0 bridgehead atoms. The summed E-state index contributed by atoms with van der Waals surface area (Å²) < 4.78 is 31.4. The van der Waals surface area contributed by atoms with E-state index in [0.29, 0.717) is 47.5 Å². The van der Waals surface area contributed by atoms with Crippen LogP contribution in [0.25, 0.3) is 0 Å². The Morgan fingerprint density at radius 2 is 1.53 bits per heavy atom. The van der Waals surface area contributed by atoms with E-state index in [1.165, 1.54) is 39.5 Å². The Morgan fingerprint density at radius 3 is 2.16 bits per heavy atom. The molecule has 1 heterocycles. The average molecular weight is 445 g/mol. The Hall–Kier alpha value is -3.95. The summed E-state index contributed by atoms with van der Waals surface area (Å²) in [6.07, 6.45) is 0. The quantitative estimate of drug-likeness (QED) is 0.454. The van der Waals surface area contributed by atoms with E-state index >= 15 is 0 Å². The number of methoxy groups -OCH3 is 3. The Morgan fingerprint density at radius 1 is 0.875 bits per heavy atom. The van der Waals surface area contributed by atoms with E-state index in [9.17, 15) is 14.4 Å². The maximum Gasteiger partial charge on any atom is 0.325 e. The predicted molar refractivity (Wildman–Crippen MR) is 111 cm³/mol. The number of hydrogen-bond acceptors (Lipinski definition) is 9. The second-order valence-corrected chi connectivity index (χ2v) is 6.54. The van der Waals surface area contributed by atoms with Crippen LogP contribution in [0, 0.1) is 0 Å². The zero-order valence-electron chi connectivity index (χ0n) is 17.9. The minimum Gasteiger partial charge on any atom is -0.493 e. The van der Waals surface area contributed by atoms with Crippen molar-refractivity contribution in [2.45, 2.75) is 0 Å². The van der Waals surface area contributed by atoms with Crippen molar-refractivity contribution in [3.05, 3.63) is 41.5 Å². The molecule has 2 aromatic rings. The van der Waals surface area contributed by atoms with E-state index < -0.39 is 30.8 Å². The molecule has 0 saturated heterocycles. The number of ether oxygens (including phenoxy) is 6. The molecule has 1 aliphatic rings. The number of rotatable bonds is 9. The van der Waals surface area contributed by atoms with Gasteiger partial charge in [0, 0.05) is 11.1 Å². The number of nitrogens with one attached hydrogen (secondary N) is 1. The van der Waals surface area contributed by atoms with Gasteiger partial charge in [0.25, 0.3) is 5.91 Å². The van der Waals surface area contributed by atoms with Crippen LogP contribution < -0.4 is 29.0 Å². The van der Waals surface area contributed by atoms with E-state index in [0.717, 1.165) is 0 Å². The van der Waals surface area contributed by atoms with Gasteiger partial charge < -0.3 is 33.7 Å². The normalized spacial score (nSPS) is 11.8. The predicted octanol–water partition coefficient (Wildman–Crippen LogP) is 1.64. The van der Waals surface area contributed by atoms with Crippen LogP contribution in [-0.2, 0) is 9.53 Å². The minimum absolute atomic E-state index is 0.194. The summed E-state index contributed by atoms with van der Waals surface area (Å²) in [5, 5.41) is 2.43. The van der Waals surface area contributed by atoms with Crippen LogP contribution >= 0.6 is 0 Å². The molecule has 0 atom stereocenters. The highest BCUT2D eigenvalue weighted by Gasteiger charge is 2.19. The Balaban J connectivity index is 1.53. The van der Waals surface area contributed by atoms with Crippen LogP contribution in [0.15, 0.2) is 30.3 Å². The number of ketones is 1. The molecule has 32 heavy (non-hydrogen) atoms. The lowest BCUT2D eigenvalue weighted by molar-refractivity contribution is -0.141. The molecular formula is C22H23NO9. The third kappa shape index (κ3) is 5.20. The van der Waals surface area contributed by atoms with Gasteiger partial charge in [-0.15, -0.1) is 0 Å². The lowest BCUT2D eigenvalue weighted by Crippen LogP contribution is -2.31. The summed E-state index contributed by atoms with van der Waals surface area (Å²) in [5.74, 6) is 0.213. The molecule has 1 amide bonds. The van der Waals surface area contributed by atoms with Crippen molar-refractivity contribution in [1.29, 1.82) is 0 Å². The molecule has 170 valence electrons. The lowest BCUT2D eigenvalue weighted by atomic mass is 10.1. The van der Waals surface area contributed by atoms with Crippen molar-refractivity contribution in [3.63, 3.8) is 0 Å². The first-order chi connectivity index (χ1) is 15.5. The number of fused-ring (bicyclic) bond motifs is 1. The van der Waals surface area contributed by atoms with Gasteiger partial charge in [-0.1, -0.05) is 0 Å². The van der Waals surface area contributed by atoms with Crippen LogP contribution in [0.4, 0.5) is 0 Å². The molecule has 0 saturated carbocycles. The summed E-state index contributed by atoms with van der Waals surface area (Å²) in [7, 11) is 4.30. The number of esters is 1. The highest BCUT2D eigenvalue weighted by molar-refractivity contribution is 5.99. The molecule has 1 aliphatic heterocycles. The van der Waals surface area contributed by atoms with Crippen molar-refractivity contribution in [3.8, 4) is 28.7 Å². The molecule has 0 fully saturated rings. The van der Waals surface area contributed by atoms with E-state index in [1.54, 1.807) is 12.1 Å². The molecule has 10 heteroatoms. The van der Waals surface area contributed by atoms with Gasteiger partial charge in [0.05, 0.1) is 21.3 Å². The van der Waals surface area contributed by atoms with Crippen molar-refractivity contribution in [2.75, 3.05) is 47.7 Å². The van der Waals surface area contributed by atoms with E-state index in [1.807, 2.05) is 0 Å². The number of hydrogen-bond donors (Lipinski definition) is 1. The number of benzene rings is 2. The van der Waals surface area contributed by atoms with E-state index in [2.05, 4.69) is 5.32 Å². The molecule has 0 spiro atoms. The topological polar surface area (TPSA) is 119 Å². The van der Waals surface area contributed by atoms with Crippen LogP contribution in [0.5, 0.6) is 28.7 Å². The van der Waals surface area contributed by atoms with E-state index in [4.69, 9.17) is 28.4 Å². The number of Topliss-reactive ketones (excluding diaryl/α,β-unsaturated/α-hetero) is 1. The van der Waals surface area contributed by atoms with Crippen LogP contribution in [0.1, 0.15) is 20.7 Å². The molecule has 0 unspecified atom stereocenters. The van der Waals surface area contributed by atoms with Gasteiger partial charge in [-0.2, -0.15) is 0 Å². The highest BCUT2D eigenvalue weighted by Crippen LogP contribution is 2.38. The summed E-state index contributed by atoms with van der Waals surface area (Å²) in [6.45, 7) is -0.0621. The molecule has 10 nitrogen and oxygen atoms in total. The molecule has 3 rings (SSSR count).